The minimum atomic E-state index is 0.851. The van der Waals surface area contributed by atoms with Gasteiger partial charge in [-0.2, -0.15) is 0 Å². The summed E-state index contributed by atoms with van der Waals surface area (Å²) in [6.07, 6.45) is 3.88. The molecule has 0 radical (unpaired) electrons. The molecule has 0 bridgehead atoms. The Bertz CT molecular complexity index is 8820. The number of rotatable bonds is 8. The molecule has 0 saturated carbocycles. The second kappa shape index (κ2) is 28.1. The minimum Gasteiger partial charge on any atom is -0.309 e. The van der Waals surface area contributed by atoms with E-state index in [1.165, 1.54) is 191 Å². The molecule has 28 aromatic rings. The van der Waals surface area contributed by atoms with Crippen molar-refractivity contribution in [3.05, 3.63) is 401 Å². The Morgan fingerprint density at radius 2 is 0.508 bits per heavy atom. The highest BCUT2D eigenvalue weighted by Crippen LogP contribution is 2.50. The molecule has 0 amide bonds. The van der Waals surface area contributed by atoms with Crippen molar-refractivity contribution >= 4 is 235 Å². The van der Waals surface area contributed by atoms with Gasteiger partial charge in [-0.25, -0.2) is 19.9 Å². The summed E-state index contributed by atoms with van der Waals surface area (Å²) in [6.45, 7) is 0. The van der Waals surface area contributed by atoms with Gasteiger partial charge >= 0.3 is 0 Å². The fraction of sp³-hybridized carbons (Fsp3) is 0. The third kappa shape index (κ3) is 11.1. The van der Waals surface area contributed by atoms with Crippen LogP contribution >= 0.6 is 45.3 Å². The van der Waals surface area contributed by atoms with Crippen LogP contribution in [0.15, 0.2) is 401 Å². The Morgan fingerprint density at radius 3 is 0.929 bits per heavy atom. The van der Waals surface area contributed by atoms with Crippen LogP contribution in [-0.2, 0) is 0 Å². The average molecular weight is 1670 g/mol. The molecule has 0 fully saturated rings. The Kier molecular flexibility index (Phi) is 15.9. The highest BCUT2D eigenvalue weighted by Gasteiger charge is 2.25. The summed E-state index contributed by atoms with van der Waals surface area (Å²) in [5.41, 5.74) is 22.3. The van der Waals surface area contributed by atoms with Crippen LogP contribution in [0.5, 0.6) is 0 Å². The lowest BCUT2D eigenvalue weighted by Gasteiger charge is -2.11. The highest BCUT2D eigenvalue weighted by molar-refractivity contribution is 7.27. The number of thiophene rings is 4. The molecule has 0 N–H and O–H groups in total. The predicted molar refractivity (Wildman–Crippen MR) is 542 cm³/mol. The predicted octanol–water partition coefficient (Wildman–Crippen LogP) is 33.5. The smallest absolute Gasteiger partial charge is 0.143 e. The summed E-state index contributed by atoms with van der Waals surface area (Å²) in [6, 6.07) is 142. The van der Waals surface area contributed by atoms with Crippen LogP contribution in [-0.4, -0.2) is 29.1 Å². The van der Waals surface area contributed by atoms with E-state index in [4.69, 9.17) is 19.9 Å². The molecule has 8 heterocycles. The number of nitrogens with zero attached hydrogens (tertiary/aromatic N) is 6. The van der Waals surface area contributed by atoms with Crippen molar-refractivity contribution in [2.45, 2.75) is 0 Å². The van der Waals surface area contributed by atoms with Crippen LogP contribution in [0.1, 0.15) is 0 Å². The van der Waals surface area contributed by atoms with Gasteiger partial charge in [0.15, 0.2) is 0 Å². The van der Waals surface area contributed by atoms with Crippen molar-refractivity contribution in [3.8, 4) is 78.4 Å². The summed E-state index contributed by atoms with van der Waals surface area (Å²) in [5.74, 6) is 0. The first-order valence-corrected chi connectivity index (χ1v) is 45.9. The van der Waals surface area contributed by atoms with Gasteiger partial charge in [-0.1, -0.05) is 279 Å². The standard InChI is InChI=1S/C62H36N4S.C54H30N2S3/c1-5-19-46-37(11-1)23-28-52-57(46)58-47-20-6-2-12-38(47)24-29-53(58)65(52)44-17-9-15-41(33-44)42-27-32-56-50(35-42)61-62(67-56)63-36-51(64-61)43-16-10-18-45(34-43)66-54-30-25-39-13-3-7-21-48(39)59(54)60-49-22-8-4-14-40(49)26-31-55(60)66;1-3-17-38-35(11-1)28-42(52-49(38)40-19-5-7-21-46(40)57-52)33-14-9-13-31(25-33)32-23-24-48-44(27-32)51-54(59-48)55-30-45(56-51)37-16-10-15-34(26-37)43-29-36-12-2-4-18-39(36)50-41-20-6-8-22-47(41)58-53(43)50/h1-36H;1-30H. The second-order valence-electron chi connectivity index (χ2n) is 33.0. The van der Waals surface area contributed by atoms with E-state index in [-0.39, 0.29) is 0 Å². The molecule has 0 aliphatic heterocycles. The zero-order chi connectivity index (χ0) is 82.3. The number of fused-ring (bicyclic) bond motifs is 30. The summed E-state index contributed by atoms with van der Waals surface area (Å²) >= 11 is 7.18. The third-order valence-corrected chi connectivity index (χ3v) is 30.6. The molecular formula is C116H66N6S4. The van der Waals surface area contributed by atoms with Gasteiger partial charge in [0, 0.05) is 116 Å². The minimum absolute atomic E-state index is 0.851. The first-order chi connectivity index (χ1) is 62.4. The van der Waals surface area contributed by atoms with Gasteiger partial charge in [-0.15, -0.1) is 45.3 Å². The quantitative estimate of drug-likeness (QED) is 0.152. The molecule has 0 atom stereocenters. The molecule has 0 saturated heterocycles. The van der Waals surface area contributed by atoms with Crippen molar-refractivity contribution in [1.82, 2.24) is 29.1 Å². The molecule has 28 rings (SSSR count). The highest BCUT2D eigenvalue weighted by atomic mass is 32.1. The largest absolute Gasteiger partial charge is 0.309 e. The van der Waals surface area contributed by atoms with Gasteiger partial charge in [0.05, 0.1) is 45.8 Å². The van der Waals surface area contributed by atoms with Crippen LogP contribution in [0.4, 0.5) is 0 Å². The lowest BCUT2D eigenvalue weighted by atomic mass is 9.94. The second-order valence-corrected chi connectivity index (χ2v) is 37.2. The van der Waals surface area contributed by atoms with Crippen molar-refractivity contribution in [2.24, 2.45) is 0 Å². The Balaban J connectivity index is 0.000000132. The van der Waals surface area contributed by atoms with Gasteiger partial charge in [0.25, 0.3) is 0 Å². The van der Waals surface area contributed by atoms with Gasteiger partial charge in [0.1, 0.15) is 20.7 Å². The van der Waals surface area contributed by atoms with E-state index in [1.807, 2.05) is 35.1 Å². The molecule has 10 heteroatoms. The monoisotopic (exact) mass is 1670 g/mol. The number of hydrogen-bond acceptors (Lipinski definition) is 8. The molecule has 126 heavy (non-hydrogen) atoms. The molecule has 20 aromatic carbocycles. The maximum atomic E-state index is 5.41. The maximum Gasteiger partial charge on any atom is 0.143 e. The zero-order valence-electron chi connectivity index (χ0n) is 67.4. The lowest BCUT2D eigenvalue weighted by Crippen LogP contribution is -1.95. The summed E-state index contributed by atoms with van der Waals surface area (Å²) in [4.78, 5) is 22.7. The molecule has 0 aliphatic rings. The van der Waals surface area contributed by atoms with Gasteiger partial charge in [0.2, 0.25) is 0 Å². The van der Waals surface area contributed by atoms with E-state index in [2.05, 4.69) is 397 Å². The molecular weight excluding hydrogens is 1610 g/mol. The van der Waals surface area contributed by atoms with E-state index >= 15 is 0 Å². The summed E-state index contributed by atoms with van der Waals surface area (Å²) < 4.78 is 12.5. The van der Waals surface area contributed by atoms with Crippen molar-refractivity contribution in [2.75, 3.05) is 0 Å². The Hall–Kier alpha value is -15.4. The normalized spacial score (nSPS) is 12.1. The van der Waals surface area contributed by atoms with E-state index in [0.29, 0.717) is 0 Å². The van der Waals surface area contributed by atoms with E-state index in [9.17, 15) is 0 Å². The molecule has 0 aliphatic carbocycles. The number of benzene rings is 20. The molecule has 6 nitrogen and oxygen atoms in total. The zero-order valence-corrected chi connectivity index (χ0v) is 70.7. The van der Waals surface area contributed by atoms with Crippen LogP contribution in [0.25, 0.3) is 268 Å². The molecule has 0 unspecified atom stereocenters. The van der Waals surface area contributed by atoms with Gasteiger partial charge in [-0.3, -0.25) is 0 Å². The Morgan fingerprint density at radius 1 is 0.198 bits per heavy atom. The number of hydrogen-bond donors (Lipinski definition) is 0. The van der Waals surface area contributed by atoms with Crippen LogP contribution < -0.4 is 0 Å². The molecule has 584 valence electrons. The first-order valence-electron chi connectivity index (χ1n) is 42.6. The Labute approximate surface area is 736 Å². The topological polar surface area (TPSA) is 61.4 Å². The molecule has 0 spiro atoms. The van der Waals surface area contributed by atoms with Crippen molar-refractivity contribution in [3.63, 3.8) is 0 Å². The summed E-state index contributed by atoms with van der Waals surface area (Å²) in [7, 11) is 0. The fourth-order valence-corrected chi connectivity index (χ4v) is 24.7. The van der Waals surface area contributed by atoms with Crippen molar-refractivity contribution < 1.29 is 0 Å². The van der Waals surface area contributed by atoms with E-state index in [0.717, 1.165) is 76.5 Å². The average Bonchev–Trinajstić information content (AvgIpc) is 1.55. The SMILES string of the molecule is c1cc(-c2ccc3sc4ncc(-c5cccc(-c6cc7ccccc7c7c6sc6ccccc67)c5)nc4c3c2)cc(-c2cc3ccccc3c3c2sc2ccccc23)c1.c1cc(-c2ccc3sc4ncc(-c5cccc(-n6c7ccc8ccccc8c7c7c8ccccc8ccc76)c5)nc4c3c2)cc(-n2c3ccc4ccccc4c3c3c4ccccc4ccc32)c1. The van der Waals surface area contributed by atoms with Crippen LogP contribution in [0.2, 0.25) is 0 Å². The van der Waals surface area contributed by atoms with E-state index < -0.39 is 0 Å². The van der Waals surface area contributed by atoms with Crippen LogP contribution in [0, 0.1) is 0 Å². The van der Waals surface area contributed by atoms with Gasteiger partial charge < -0.3 is 9.13 Å². The maximum absolute atomic E-state index is 5.41. The number of aromatic nitrogens is 6. The van der Waals surface area contributed by atoms with Gasteiger partial charge in [-0.05, 0) is 207 Å². The van der Waals surface area contributed by atoms with Crippen LogP contribution in [0.3, 0.4) is 0 Å². The van der Waals surface area contributed by atoms with E-state index in [1.54, 1.807) is 22.7 Å². The molecule has 8 aromatic heterocycles. The fourth-order valence-electron chi connectivity index (χ4n) is 20.3. The summed E-state index contributed by atoms with van der Waals surface area (Å²) in [5, 5.41) is 27.9. The lowest BCUT2D eigenvalue weighted by molar-refractivity contribution is 1.18. The van der Waals surface area contributed by atoms with Crippen molar-refractivity contribution in [1.29, 1.82) is 0 Å². The first kappa shape index (κ1) is 71.2. The third-order valence-electron chi connectivity index (χ3n) is 26.0.